The maximum atomic E-state index is 8.59. The van der Waals surface area contributed by atoms with Gasteiger partial charge in [-0.2, -0.15) is 5.26 Å². The molecule has 6 heteroatoms. The molecule has 0 saturated heterocycles. The first kappa shape index (κ1) is 9.37. The van der Waals surface area contributed by atoms with Crippen LogP contribution in [0.4, 0.5) is 0 Å². The first-order valence-electron chi connectivity index (χ1n) is 3.79. The van der Waals surface area contributed by atoms with E-state index in [4.69, 9.17) is 5.26 Å². The van der Waals surface area contributed by atoms with E-state index in [1.807, 2.05) is 10.6 Å². The molecule has 2 rings (SSSR count). The standard InChI is InChI=1S/C8H5BrN4S/c9-8-7(14-5-12-8)3-13-2-6(1-10)11-4-13/h2,4-5H,3H2. The van der Waals surface area contributed by atoms with Gasteiger partial charge in [-0.05, 0) is 15.9 Å². The quantitative estimate of drug-likeness (QED) is 0.838. The number of nitrogens with zero attached hydrogens (tertiary/aromatic N) is 4. The highest BCUT2D eigenvalue weighted by atomic mass is 79.9. The Labute approximate surface area is 93.0 Å². The van der Waals surface area contributed by atoms with Crippen LogP contribution < -0.4 is 0 Å². The molecule has 14 heavy (non-hydrogen) atoms. The topological polar surface area (TPSA) is 54.5 Å². The second-order valence-electron chi connectivity index (χ2n) is 2.61. The molecule has 2 heterocycles. The highest BCUT2D eigenvalue weighted by molar-refractivity contribution is 9.10. The second-order valence-corrected chi connectivity index (χ2v) is 4.30. The SMILES string of the molecule is N#Cc1cn(Cc2scnc2Br)cn1. The summed E-state index contributed by atoms with van der Waals surface area (Å²) in [6.45, 7) is 0.694. The lowest BCUT2D eigenvalue weighted by atomic mass is 10.5. The predicted molar refractivity (Wildman–Crippen MR) is 55.9 cm³/mol. The summed E-state index contributed by atoms with van der Waals surface area (Å²) in [6, 6.07) is 1.99. The molecule has 4 nitrogen and oxygen atoms in total. The third kappa shape index (κ3) is 1.84. The van der Waals surface area contributed by atoms with Crippen molar-refractivity contribution in [2.45, 2.75) is 6.54 Å². The summed E-state index contributed by atoms with van der Waals surface area (Å²) in [6.07, 6.45) is 3.36. The van der Waals surface area contributed by atoms with Crippen LogP contribution in [0.25, 0.3) is 0 Å². The Hall–Kier alpha value is -1.19. The van der Waals surface area contributed by atoms with Crippen molar-refractivity contribution >= 4 is 27.3 Å². The Bertz CT molecular complexity index is 481. The Kier molecular flexibility index (Phi) is 2.61. The van der Waals surface area contributed by atoms with Crippen LogP contribution >= 0.6 is 27.3 Å². The molecule has 0 radical (unpaired) electrons. The Morgan fingerprint density at radius 3 is 3.00 bits per heavy atom. The van der Waals surface area contributed by atoms with E-state index in [9.17, 15) is 0 Å². The summed E-state index contributed by atoms with van der Waals surface area (Å²) in [5.74, 6) is 0. The predicted octanol–water partition coefficient (Wildman–Crippen LogP) is 2.02. The molecule has 0 aliphatic rings. The molecule has 0 aromatic carbocycles. The van der Waals surface area contributed by atoms with E-state index >= 15 is 0 Å². The normalized spacial score (nSPS) is 10.0. The van der Waals surface area contributed by atoms with Gasteiger partial charge in [-0.3, -0.25) is 0 Å². The van der Waals surface area contributed by atoms with Crippen molar-refractivity contribution in [1.29, 1.82) is 5.26 Å². The Morgan fingerprint density at radius 1 is 1.57 bits per heavy atom. The molecule has 2 aromatic rings. The molecule has 0 fully saturated rings. The summed E-state index contributed by atoms with van der Waals surface area (Å²) in [5.41, 5.74) is 2.22. The zero-order valence-electron chi connectivity index (χ0n) is 7.01. The van der Waals surface area contributed by atoms with Crippen LogP contribution in [-0.2, 0) is 6.54 Å². The smallest absolute Gasteiger partial charge is 0.158 e. The van der Waals surface area contributed by atoms with E-state index < -0.39 is 0 Å². The Balaban J connectivity index is 2.20. The number of thiazole rings is 1. The van der Waals surface area contributed by atoms with Crippen molar-refractivity contribution < 1.29 is 0 Å². The summed E-state index contributed by atoms with van der Waals surface area (Å²) < 4.78 is 2.71. The first-order valence-corrected chi connectivity index (χ1v) is 5.46. The molecule has 0 amide bonds. The van der Waals surface area contributed by atoms with Crippen molar-refractivity contribution in [1.82, 2.24) is 14.5 Å². The number of aromatic nitrogens is 3. The van der Waals surface area contributed by atoms with E-state index in [-0.39, 0.29) is 0 Å². The molecule has 70 valence electrons. The van der Waals surface area contributed by atoms with Crippen molar-refractivity contribution in [2.24, 2.45) is 0 Å². The fourth-order valence-corrected chi connectivity index (χ4v) is 2.33. The van der Waals surface area contributed by atoms with Gasteiger partial charge >= 0.3 is 0 Å². The molecular formula is C8H5BrN4S. The van der Waals surface area contributed by atoms with Gasteiger partial charge in [0.2, 0.25) is 0 Å². The van der Waals surface area contributed by atoms with Crippen LogP contribution in [0.1, 0.15) is 10.6 Å². The van der Waals surface area contributed by atoms with E-state index in [1.165, 1.54) is 0 Å². The van der Waals surface area contributed by atoms with Crippen molar-refractivity contribution in [3.05, 3.63) is 33.2 Å². The number of nitriles is 1. The minimum Gasteiger partial charge on any atom is -0.331 e. The summed E-state index contributed by atoms with van der Waals surface area (Å²) in [4.78, 5) is 9.11. The van der Waals surface area contributed by atoms with Gasteiger partial charge in [-0.1, -0.05) is 0 Å². The fourth-order valence-electron chi connectivity index (χ4n) is 1.03. The van der Waals surface area contributed by atoms with Gasteiger partial charge in [0.15, 0.2) is 5.69 Å². The molecule has 0 atom stereocenters. The zero-order chi connectivity index (χ0) is 9.97. The Morgan fingerprint density at radius 2 is 2.43 bits per heavy atom. The minimum absolute atomic E-state index is 0.436. The first-order chi connectivity index (χ1) is 6.79. The highest BCUT2D eigenvalue weighted by Crippen LogP contribution is 2.20. The fraction of sp³-hybridized carbons (Fsp3) is 0.125. The monoisotopic (exact) mass is 268 g/mol. The van der Waals surface area contributed by atoms with Crippen LogP contribution in [-0.4, -0.2) is 14.5 Å². The molecule has 0 unspecified atom stereocenters. The largest absolute Gasteiger partial charge is 0.331 e. The number of imidazole rings is 1. The van der Waals surface area contributed by atoms with Crippen LogP contribution in [0.5, 0.6) is 0 Å². The molecule has 2 aromatic heterocycles. The van der Waals surface area contributed by atoms with Gasteiger partial charge < -0.3 is 4.57 Å². The molecule has 0 bridgehead atoms. The zero-order valence-corrected chi connectivity index (χ0v) is 9.42. The average Bonchev–Trinajstić information content (AvgIpc) is 2.77. The molecule has 0 saturated carbocycles. The van der Waals surface area contributed by atoms with E-state index in [0.717, 1.165) is 9.48 Å². The van der Waals surface area contributed by atoms with Gasteiger partial charge in [0, 0.05) is 6.20 Å². The lowest BCUT2D eigenvalue weighted by Gasteiger charge is -1.97. The molecular weight excluding hydrogens is 264 g/mol. The van der Waals surface area contributed by atoms with Gasteiger partial charge in [0.25, 0.3) is 0 Å². The van der Waals surface area contributed by atoms with Gasteiger partial charge in [0.1, 0.15) is 10.7 Å². The third-order valence-electron chi connectivity index (χ3n) is 1.67. The third-order valence-corrected chi connectivity index (χ3v) is 3.43. The van der Waals surface area contributed by atoms with Crippen LogP contribution in [0, 0.1) is 11.3 Å². The molecule has 0 aliphatic heterocycles. The summed E-state index contributed by atoms with van der Waals surface area (Å²) >= 11 is 4.92. The average molecular weight is 269 g/mol. The molecule has 0 aliphatic carbocycles. The maximum Gasteiger partial charge on any atom is 0.158 e. The van der Waals surface area contributed by atoms with E-state index in [2.05, 4.69) is 25.9 Å². The van der Waals surface area contributed by atoms with Crippen LogP contribution in [0.3, 0.4) is 0 Å². The number of halogens is 1. The van der Waals surface area contributed by atoms with Gasteiger partial charge in [-0.15, -0.1) is 11.3 Å². The van der Waals surface area contributed by atoms with Gasteiger partial charge in [0.05, 0.1) is 23.3 Å². The lowest BCUT2D eigenvalue weighted by molar-refractivity contribution is 0.804. The maximum absolute atomic E-state index is 8.59. The van der Waals surface area contributed by atoms with Crippen molar-refractivity contribution in [2.75, 3.05) is 0 Å². The number of hydrogen-bond donors (Lipinski definition) is 0. The van der Waals surface area contributed by atoms with E-state index in [0.29, 0.717) is 12.2 Å². The number of hydrogen-bond acceptors (Lipinski definition) is 4. The van der Waals surface area contributed by atoms with E-state index in [1.54, 1.807) is 29.4 Å². The second kappa shape index (κ2) is 3.90. The van der Waals surface area contributed by atoms with Crippen molar-refractivity contribution in [3.8, 4) is 6.07 Å². The summed E-state index contributed by atoms with van der Waals surface area (Å²) in [5, 5.41) is 8.59. The van der Waals surface area contributed by atoms with Crippen LogP contribution in [0.2, 0.25) is 0 Å². The highest BCUT2D eigenvalue weighted by Gasteiger charge is 2.04. The van der Waals surface area contributed by atoms with Gasteiger partial charge in [-0.25, -0.2) is 9.97 Å². The van der Waals surface area contributed by atoms with Crippen molar-refractivity contribution in [3.63, 3.8) is 0 Å². The molecule has 0 N–H and O–H groups in total. The van der Waals surface area contributed by atoms with Crippen LogP contribution in [0.15, 0.2) is 22.6 Å². The minimum atomic E-state index is 0.436. The lowest BCUT2D eigenvalue weighted by Crippen LogP contribution is -1.94. The summed E-state index contributed by atoms with van der Waals surface area (Å²) in [7, 11) is 0. The number of rotatable bonds is 2. The molecule has 0 spiro atoms.